The second kappa shape index (κ2) is 8.79. The molecule has 3 amide bonds. The van der Waals surface area contributed by atoms with Gasteiger partial charge in [0.25, 0.3) is 0 Å². The Morgan fingerprint density at radius 1 is 1.27 bits per heavy atom. The summed E-state index contributed by atoms with van der Waals surface area (Å²) in [6.45, 7) is 3.88. The number of hydrogen-bond acceptors (Lipinski definition) is 5. The van der Waals surface area contributed by atoms with Gasteiger partial charge in [0.15, 0.2) is 5.13 Å². The Bertz CT molecular complexity index is 789. The molecular formula is C17H22BrN5O2S. The van der Waals surface area contributed by atoms with E-state index < -0.39 is 0 Å². The second-order valence-corrected chi connectivity index (χ2v) is 8.25. The van der Waals surface area contributed by atoms with Crippen LogP contribution < -0.4 is 10.6 Å². The Morgan fingerprint density at radius 2 is 2.04 bits per heavy atom. The zero-order chi connectivity index (χ0) is 18.5. The average Bonchev–Trinajstić information content (AvgIpc) is 3.00. The van der Waals surface area contributed by atoms with E-state index in [-0.39, 0.29) is 11.9 Å². The maximum Gasteiger partial charge on any atom is 0.321 e. The van der Waals surface area contributed by atoms with E-state index in [0.717, 1.165) is 40.9 Å². The molecule has 1 aliphatic rings. The molecule has 3 rings (SSSR count). The van der Waals surface area contributed by atoms with Crippen molar-refractivity contribution < 1.29 is 9.59 Å². The summed E-state index contributed by atoms with van der Waals surface area (Å²) < 4.78 is 1.99. The van der Waals surface area contributed by atoms with Crippen LogP contribution in [0.15, 0.2) is 22.7 Å². The van der Waals surface area contributed by atoms with Gasteiger partial charge in [-0.3, -0.25) is 10.1 Å². The highest BCUT2D eigenvalue weighted by Gasteiger charge is 2.18. The molecule has 9 heteroatoms. The van der Waals surface area contributed by atoms with Crippen molar-refractivity contribution in [2.45, 2.75) is 12.8 Å². The number of likely N-dealkylation sites (N-methyl/N-ethyl adjacent to an activating group) is 1. The van der Waals surface area contributed by atoms with Crippen LogP contribution in [0.3, 0.4) is 0 Å². The van der Waals surface area contributed by atoms with Crippen molar-refractivity contribution in [3.8, 4) is 0 Å². The van der Waals surface area contributed by atoms with E-state index in [2.05, 4.69) is 43.5 Å². The lowest BCUT2D eigenvalue weighted by molar-refractivity contribution is -0.132. The van der Waals surface area contributed by atoms with Crippen LogP contribution in [0.25, 0.3) is 10.2 Å². The minimum atomic E-state index is -0.296. The maximum atomic E-state index is 12.1. The van der Waals surface area contributed by atoms with E-state index in [1.807, 2.05) is 23.1 Å². The Morgan fingerprint density at radius 3 is 2.81 bits per heavy atom. The number of nitrogens with zero attached hydrogens (tertiary/aromatic N) is 3. The number of halogens is 1. The molecule has 7 nitrogen and oxygen atoms in total. The van der Waals surface area contributed by atoms with Gasteiger partial charge in [0.2, 0.25) is 5.91 Å². The number of rotatable bonds is 5. The molecule has 2 heterocycles. The first-order valence-corrected chi connectivity index (χ1v) is 10.2. The molecule has 1 fully saturated rings. The Balaban J connectivity index is 1.38. The number of hydrogen-bond donors (Lipinski definition) is 2. The lowest BCUT2D eigenvalue weighted by Crippen LogP contribution is -2.47. The second-order valence-electron chi connectivity index (χ2n) is 6.30. The summed E-state index contributed by atoms with van der Waals surface area (Å²) in [6.07, 6.45) is 1.09. The van der Waals surface area contributed by atoms with E-state index in [9.17, 15) is 9.59 Å². The molecule has 0 unspecified atom stereocenters. The molecule has 1 aromatic carbocycles. The van der Waals surface area contributed by atoms with Crippen LogP contribution in [0, 0.1) is 0 Å². The molecule has 1 aromatic heterocycles. The van der Waals surface area contributed by atoms with Crippen LogP contribution in [0.4, 0.5) is 9.93 Å². The van der Waals surface area contributed by atoms with Crippen LogP contribution in [-0.4, -0.2) is 66.5 Å². The third-order valence-corrected chi connectivity index (χ3v) is 5.71. The van der Waals surface area contributed by atoms with Gasteiger partial charge in [-0.1, -0.05) is 27.3 Å². The molecule has 2 aromatic rings. The van der Waals surface area contributed by atoms with Crippen molar-refractivity contribution in [2.24, 2.45) is 0 Å². The summed E-state index contributed by atoms with van der Waals surface area (Å²) in [7, 11) is 2.06. The zero-order valence-corrected chi connectivity index (χ0v) is 17.0. The molecular weight excluding hydrogens is 418 g/mol. The van der Waals surface area contributed by atoms with Crippen molar-refractivity contribution in [3.05, 3.63) is 22.7 Å². The number of anilines is 1. The normalized spacial score (nSPS) is 15.2. The molecule has 1 saturated heterocycles. The number of fused-ring (bicyclic) bond motifs is 1. The first-order valence-electron chi connectivity index (χ1n) is 8.58. The zero-order valence-electron chi connectivity index (χ0n) is 14.6. The van der Waals surface area contributed by atoms with E-state index in [1.165, 1.54) is 11.3 Å². The quantitative estimate of drug-likeness (QED) is 0.702. The van der Waals surface area contributed by atoms with Crippen molar-refractivity contribution in [1.29, 1.82) is 0 Å². The van der Waals surface area contributed by atoms with Gasteiger partial charge >= 0.3 is 6.03 Å². The monoisotopic (exact) mass is 439 g/mol. The number of nitrogens with one attached hydrogen (secondary N) is 2. The molecule has 140 valence electrons. The number of aromatic nitrogens is 1. The number of benzene rings is 1. The first kappa shape index (κ1) is 19.1. The minimum Gasteiger partial charge on any atom is -0.340 e. The van der Waals surface area contributed by atoms with Crippen LogP contribution >= 0.6 is 27.3 Å². The fraction of sp³-hybridized carbons (Fsp3) is 0.471. The van der Waals surface area contributed by atoms with Crippen molar-refractivity contribution >= 4 is 54.6 Å². The van der Waals surface area contributed by atoms with E-state index >= 15 is 0 Å². The number of piperazine rings is 1. The Labute approximate surface area is 164 Å². The largest absolute Gasteiger partial charge is 0.340 e. The molecule has 0 spiro atoms. The molecule has 0 aliphatic carbocycles. The number of amides is 3. The van der Waals surface area contributed by atoms with E-state index in [1.54, 1.807) is 0 Å². The summed E-state index contributed by atoms with van der Waals surface area (Å²) in [5.74, 6) is 0.164. The summed E-state index contributed by atoms with van der Waals surface area (Å²) in [4.78, 5) is 32.6. The van der Waals surface area contributed by atoms with Gasteiger partial charge in [0.05, 0.1) is 10.2 Å². The lowest BCUT2D eigenvalue weighted by atomic mass is 10.2. The van der Waals surface area contributed by atoms with Gasteiger partial charge in [-0.05, 0) is 31.7 Å². The topological polar surface area (TPSA) is 77.6 Å². The first-order chi connectivity index (χ1) is 12.5. The highest BCUT2D eigenvalue weighted by molar-refractivity contribution is 9.10. The predicted octanol–water partition coefficient (Wildman–Crippen LogP) is 2.73. The third-order valence-electron chi connectivity index (χ3n) is 4.28. The van der Waals surface area contributed by atoms with E-state index in [0.29, 0.717) is 24.5 Å². The summed E-state index contributed by atoms with van der Waals surface area (Å²) in [6, 6.07) is 5.50. The maximum absolute atomic E-state index is 12.1. The fourth-order valence-corrected chi connectivity index (χ4v) is 4.16. The smallest absolute Gasteiger partial charge is 0.321 e. The number of thiazole rings is 1. The van der Waals surface area contributed by atoms with Crippen LogP contribution in [0.5, 0.6) is 0 Å². The van der Waals surface area contributed by atoms with Crippen LogP contribution in [-0.2, 0) is 4.79 Å². The van der Waals surface area contributed by atoms with Gasteiger partial charge < -0.3 is 15.1 Å². The van der Waals surface area contributed by atoms with Gasteiger partial charge in [-0.15, -0.1) is 0 Å². The minimum absolute atomic E-state index is 0.164. The van der Waals surface area contributed by atoms with Crippen LogP contribution in [0.2, 0.25) is 0 Å². The molecule has 26 heavy (non-hydrogen) atoms. The standard InChI is InChI=1S/C17H22BrN5O2S/c1-22-7-9-23(10-8-22)15(24)3-2-6-19-16(25)21-17-20-13-5-4-12(18)11-14(13)26-17/h4-5,11H,2-3,6-10H2,1H3,(H2,19,20,21,25). The van der Waals surface area contributed by atoms with Crippen molar-refractivity contribution in [3.63, 3.8) is 0 Å². The Kier molecular flexibility index (Phi) is 6.44. The van der Waals surface area contributed by atoms with Gasteiger partial charge in [0.1, 0.15) is 0 Å². The molecule has 2 N–H and O–H groups in total. The highest BCUT2D eigenvalue weighted by atomic mass is 79.9. The van der Waals surface area contributed by atoms with Crippen LogP contribution in [0.1, 0.15) is 12.8 Å². The number of carbonyl (C=O) groups is 2. The van der Waals surface area contributed by atoms with Crippen molar-refractivity contribution in [1.82, 2.24) is 20.1 Å². The third kappa shape index (κ3) is 5.15. The molecule has 0 saturated carbocycles. The predicted molar refractivity (Wildman–Crippen MR) is 108 cm³/mol. The summed E-state index contributed by atoms with van der Waals surface area (Å²) in [5.41, 5.74) is 0.853. The highest BCUT2D eigenvalue weighted by Crippen LogP contribution is 2.28. The number of carbonyl (C=O) groups excluding carboxylic acids is 2. The lowest BCUT2D eigenvalue weighted by Gasteiger charge is -2.32. The molecule has 0 bridgehead atoms. The Hall–Kier alpha value is -1.71. The average molecular weight is 440 g/mol. The van der Waals surface area contributed by atoms with Crippen molar-refractivity contribution in [2.75, 3.05) is 45.1 Å². The number of urea groups is 1. The fourth-order valence-electron chi connectivity index (χ4n) is 2.75. The SMILES string of the molecule is CN1CCN(C(=O)CCCNC(=O)Nc2nc3ccc(Br)cc3s2)CC1. The molecule has 1 aliphatic heterocycles. The summed E-state index contributed by atoms with van der Waals surface area (Å²) >= 11 is 4.85. The van der Waals surface area contributed by atoms with E-state index in [4.69, 9.17) is 0 Å². The van der Waals surface area contributed by atoms with Gasteiger partial charge in [-0.25, -0.2) is 9.78 Å². The molecule has 0 radical (unpaired) electrons. The van der Waals surface area contributed by atoms with Gasteiger partial charge in [0, 0.05) is 43.6 Å². The summed E-state index contributed by atoms with van der Waals surface area (Å²) in [5, 5.41) is 6.09. The van der Waals surface area contributed by atoms with Gasteiger partial charge in [-0.2, -0.15) is 0 Å². The molecule has 0 atom stereocenters.